The van der Waals surface area contributed by atoms with Gasteiger partial charge in [0.25, 0.3) is 5.91 Å². The fourth-order valence-corrected chi connectivity index (χ4v) is 5.23. The number of nitrogens with zero attached hydrogens (tertiary/aromatic N) is 3. The van der Waals surface area contributed by atoms with Crippen LogP contribution < -0.4 is 4.72 Å². The molecule has 0 radical (unpaired) electrons. The number of aryl methyl sites for hydroxylation is 1. The van der Waals surface area contributed by atoms with Gasteiger partial charge in [-0.05, 0) is 44.2 Å². The Morgan fingerprint density at radius 2 is 2.03 bits per heavy atom. The van der Waals surface area contributed by atoms with Gasteiger partial charge in [0.15, 0.2) is 5.82 Å². The minimum atomic E-state index is -3.69. The van der Waals surface area contributed by atoms with Crippen molar-refractivity contribution < 1.29 is 17.6 Å². The Kier molecular flexibility index (Phi) is 6.26. The van der Waals surface area contributed by atoms with Crippen molar-refractivity contribution in [3.05, 3.63) is 70.9 Å². The average molecular weight is 507 g/mol. The predicted octanol–water partition coefficient (Wildman–Crippen LogP) is 4.79. The van der Waals surface area contributed by atoms with E-state index in [1.807, 2.05) is 24.8 Å². The molecule has 7 nitrogen and oxygen atoms in total. The monoisotopic (exact) mass is 506 g/mol. The van der Waals surface area contributed by atoms with Crippen LogP contribution in [0.5, 0.6) is 0 Å². The smallest absolute Gasteiger partial charge is 0.264 e. The number of carbonyl (C=O) groups is 1. The van der Waals surface area contributed by atoms with Crippen molar-refractivity contribution in [1.82, 2.24) is 19.1 Å². The van der Waals surface area contributed by atoms with Crippen LogP contribution in [0, 0.1) is 12.7 Å². The summed E-state index contributed by atoms with van der Waals surface area (Å²) in [6.07, 6.45) is 4.42. The number of amides is 1. The minimum absolute atomic E-state index is 0.0140. The number of hydrogen-bond donors (Lipinski definition) is 1. The molecule has 2 aromatic heterocycles. The fourth-order valence-electron chi connectivity index (χ4n) is 3.54. The Bertz CT molecular complexity index is 1500. The Labute approximate surface area is 199 Å². The summed E-state index contributed by atoms with van der Waals surface area (Å²) in [6.45, 7) is 4.51. The summed E-state index contributed by atoms with van der Waals surface area (Å²) in [4.78, 5) is 13.7. The number of halogens is 2. The highest BCUT2D eigenvalue weighted by Crippen LogP contribution is 2.41. The standard InChI is InChI=1S/C22H20ClFN4O3S2/c1-4-27-12-15(11-25-27)28-13(2)21(17-8-9-18(23)19(24)20(17)28)32-16-7-5-6-14(10-16)22(29)26-33(3,30)31/h5-12H,4H2,1-3H3,(H,26,29). The van der Waals surface area contributed by atoms with Crippen LogP contribution in [0.15, 0.2) is 58.6 Å². The molecule has 0 spiro atoms. The molecule has 0 saturated heterocycles. The molecule has 2 heterocycles. The lowest BCUT2D eigenvalue weighted by atomic mass is 10.2. The summed E-state index contributed by atoms with van der Waals surface area (Å²) < 4.78 is 43.5. The van der Waals surface area contributed by atoms with Crippen molar-refractivity contribution in [3.8, 4) is 5.69 Å². The van der Waals surface area contributed by atoms with E-state index in [1.54, 1.807) is 39.7 Å². The summed E-state index contributed by atoms with van der Waals surface area (Å²) in [6, 6.07) is 9.85. The lowest BCUT2D eigenvalue weighted by Gasteiger charge is -2.07. The molecule has 0 saturated carbocycles. The Morgan fingerprint density at radius 1 is 1.27 bits per heavy atom. The molecule has 33 heavy (non-hydrogen) atoms. The first kappa shape index (κ1) is 23.3. The van der Waals surface area contributed by atoms with E-state index in [0.717, 1.165) is 16.8 Å². The average Bonchev–Trinajstić information content (AvgIpc) is 3.33. The van der Waals surface area contributed by atoms with Crippen LogP contribution in [-0.4, -0.2) is 34.9 Å². The summed E-state index contributed by atoms with van der Waals surface area (Å²) in [7, 11) is -3.69. The highest BCUT2D eigenvalue weighted by Gasteiger charge is 2.22. The summed E-state index contributed by atoms with van der Waals surface area (Å²) in [5.74, 6) is -1.25. The number of fused-ring (bicyclic) bond motifs is 1. The van der Waals surface area contributed by atoms with Gasteiger partial charge in [0.2, 0.25) is 10.0 Å². The summed E-state index contributed by atoms with van der Waals surface area (Å²) in [5, 5.41) is 4.98. The highest BCUT2D eigenvalue weighted by atomic mass is 35.5. The third-order valence-electron chi connectivity index (χ3n) is 5.00. The van der Waals surface area contributed by atoms with E-state index in [9.17, 15) is 13.2 Å². The van der Waals surface area contributed by atoms with Gasteiger partial charge in [0.05, 0.1) is 28.7 Å². The number of sulfonamides is 1. The van der Waals surface area contributed by atoms with E-state index in [0.29, 0.717) is 28.0 Å². The molecule has 0 aliphatic carbocycles. The van der Waals surface area contributed by atoms with Crippen LogP contribution in [-0.2, 0) is 16.6 Å². The SMILES string of the molecule is CCn1cc(-n2c(C)c(Sc3cccc(C(=O)NS(C)(=O)=O)c3)c3ccc(Cl)c(F)c32)cn1. The van der Waals surface area contributed by atoms with Gasteiger partial charge < -0.3 is 4.57 Å². The van der Waals surface area contributed by atoms with Gasteiger partial charge in [-0.2, -0.15) is 5.10 Å². The van der Waals surface area contributed by atoms with E-state index >= 15 is 4.39 Å². The summed E-state index contributed by atoms with van der Waals surface area (Å²) in [5.41, 5.74) is 2.01. The van der Waals surface area contributed by atoms with E-state index in [-0.39, 0.29) is 10.6 Å². The van der Waals surface area contributed by atoms with Gasteiger partial charge >= 0.3 is 0 Å². The quantitative estimate of drug-likeness (QED) is 0.406. The third-order valence-corrected chi connectivity index (χ3v) is 7.05. The molecule has 0 bridgehead atoms. The molecule has 11 heteroatoms. The first-order valence-electron chi connectivity index (χ1n) is 9.91. The highest BCUT2D eigenvalue weighted by molar-refractivity contribution is 7.99. The number of carbonyl (C=O) groups excluding carboxylic acids is 1. The van der Waals surface area contributed by atoms with Crippen LogP contribution in [0.2, 0.25) is 5.02 Å². The van der Waals surface area contributed by atoms with Crippen LogP contribution in [0.3, 0.4) is 0 Å². The van der Waals surface area contributed by atoms with Crippen LogP contribution in [0.4, 0.5) is 4.39 Å². The molecule has 1 N–H and O–H groups in total. The zero-order valence-electron chi connectivity index (χ0n) is 18.0. The van der Waals surface area contributed by atoms with Crippen LogP contribution >= 0.6 is 23.4 Å². The molecule has 4 rings (SSSR count). The molecule has 2 aromatic carbocycles. The molecule has 0 aliphatic rings. The minimum Gasteiger partial charge on any atom is -0.307 e. The molecule has 0 unspecified atom stereocenters. The van der Waals surface area contributed by atoms with Gasteiger partial charge in [0, 0.05) is 39.2 Å². The topological polar surface area (TPSA) is 86.0 Å². The maximum absolute atomic E-state index is 15.2. The number of rotatable bonds is 6. The van der Waals surface area contributed by atoms with Gasteiger partial charge in [-0.1, -0.05) is 29.4 Å². The van der Waals surface area contributed by atoms with Crippen molar-refractivity contribution in [2.45, 2.75) is 30.2 Å². The molecule has 172 valence electrons. The molecular weight excluding hydrogens is 487 g/mol. The van der Waals surface area contributed by atoms with E-state index in [4.69, 9.17) is 11.6 Å². The first-order chi connectivity index (χ1) is 15.6. The van der Waals surface area contributed by atoms with E-state index in [2.05, 4.69) is 5.10 Å². The van der Waals surface area contributed by atoms with Gasteiger partial charge in [-0.15, -0.1) is 0 Å². The molecule has 4 aromatic rings. The fraction of sp³-hybridized carbons (Fsp3) is 0.182. The second-order valence-corrected chi connectivity index (χ2v) is 10.6. The first-order valence-corrected chi connectivity index (χ1v) is 13.0. The largest absolute Gasteiger partial charge is 0.307 e. The van der Waals surface area contributed by atoms with E-state index < -0.39 is 21.7 Å². The maximum Gasteiger partial charge on any atom is 0.264 e. The molecule has 0 atom stereocenters. The van der Waals surface area contributed by atoms with Crippen LogP contribution in [0.1, 0.15) is 23.0 Å². The lowest BCUT2D eigenvalue weighted by molar-refractivity contribution is 0.0981. The molecular formula is C22H20ClFN4O3S2. The Morgan fingerprint density at radius 3 is 2.70 bits per heavy atom. The predicted molar refractivity (Wildman–Crippen MR) is 127 cm³/mol. The zero-order valence-corrected chi connectivity index (χ0v) is 20.4. The zero-order chi connectivity index (χ0) is 23.9. The van der Waals surface area contributed by atoms with Crippen molar-refractivity contribution >= 4 is 50.2 Å². The van der Waals surface area contributed by atoms with Gasteiger partial charge in [-0.25, -0.2) is 17.5 Å². The number of hydrogen-bond acceptors (Lipinski definition) is 5. The maximum atomic E-state index is 15.2. The normalized spacial score (nSPS) is 11.8. The van der Waals surface area contributed by atoms with Crippen molar-refractivity contribution in [3.63, 3.8) is 0 Å². The van der Waals surface area contributed by atoms with Crippen molar-refractivity contribution in [1.29, 1.82) is 0 Å². The van der Waals surface area contributed by atoms with Crippen LogP contribution in [0.25, 0.3) is 16.6 Å². The van der Waals surface area contributed by atoms with E-state index in [1.165, 1.54) is 23.9 Å². The molecule has 0 aliphatic heterocycles. The molecule has 0 fully saturated rings. The summed E-state index contributed by atoms with van der Waals surface area (Å²) >= 11 is 7.45. The Hall–Kier alpha value is -2.82. The van der Waals surface area contributed by atoms with Crippen molar-refractivity contribution in [2.24, 2.45) is 0 Å². The lowest BCUT2D eigenvalue weighted by Crippen LogP contribution is -2.29. The second-order valence-electron chi connectivity index (χ2n) is 7.39. The number of nitrogens with one attached hydrogen (secondary N) is 1. The van der Waals surface area contributed by atoms with Crippen molar-refractivity contribution in [2.75, 3.05) is 6.26 Å². The Balaban J connectivity index is 1.83. The number of benzene rings is 2. The number of aromatic nitrogens is 3. The van der Waals surface area contributed by atoms with Gasteiger partial charge in [0.1, 0.15) is 0 Å². The van der Waals surface area contributed by atoms with Gasteiger partial charge in [-0.3, -0.25) is 9.48 Å². The third kappa shape index (κ3) is 4.64. The second kappa shape index (κ2) is 8.85. The molecule has 1 amide bonds.